The van der Waals surface area contributed by atoms with Crippen LogP contribution in [0.1, 0.15) is 17.9 Å². The Bertz CT molecular complexity index is 479. The van der Waals surface area contributed by atoms with Crippen LogP contribution in [-0.2, 0) is 4.79 Å². The summed E-state index contributed by atoms with van der Waals surface area (Å²) in [6.07, 6.45) is 0. The molecular formula is C15H22N2O2S. The van der Waals surface area contributed by atoms with Gasteiger partial charge in [0.25, 0.3) is 0 Å². The molecule has 1 heterocycles. The second-order valence-corrected chi connectivity index (χ2v) is 6.67. The van der Waals surface area contributed by atoms with Crippen LogP contribution in [-0.4, -0.2) is 55.3 Å². The molecule has 0 unspecified atom stereocenters. The number of hydrogen-bond donors (Lipinski definition) is 0. The molecule has 0 spiro atoms. The monoisotopic (exact) mass is 294 g/mol. The molecule has 5 heteroatoms. The van der Waals surface area contributed by atoms with Gasteiger partial charge in [0.2, 0.25) is 5.91 Å². The van der Waals surface area contributed by atoms with Crippen molar-refractivity contribution < 1.29 is 9.53 Å². The smallest absolute Gasteiger partial charge is 0.236 e. The van der Waals surface area contributed by atoms with Gasteiger partial charge in [-0.05, 0) is 38.7 Å². The number of hydrogen-bond acceptors (Lipinski definition) is 4. The van der Waals surface area contributed by atoms with Crippen molar-refractivity contribution in [1.29, 1.82) is 0 Å². The Morgan fingerprint density at radius 3 is 2.80 bits per heavy atom. The Balaban J connectivity index is 2.20. The molecule has 1 amide bonds. The van der Waals surface area contributed by atoms with Gasteiger partial charge in [-0.1, -0.05) is 12.1 Å². The molecule has 1 saturated heterocycles. The van der Waals surface area contributed by atoms with Crippen molar-refractivity contribution in [2.45, 2.75) is 17.5 Å². The predicted octanol–water partition coefficient (Wildman–Crippen LogP) is 2.22. The highest BCUT2D eigenvalue weighted by Gasteiger charge is 2.38. The van der Waals surface area contributed by atoms with E-state index in [4.69, 9.17) is 4.74 Å². The van der Waals surface area contributed by atoms with E-state index in [0.717, 1.165) is 24.4 Å². The van der Waals surface area contributed by atoms with Crippen LogP contribution >= 0.6 is 11.8 Å². The maximum absolute atomic E-state index is 12.3. The van der Waals surface area contributed by atoms with Gasteiger partial charge < -0.3 is 14.5 Å². The lowest BCUT2D eigenvalue weighted by Crippen LogP contribution is -2.36. The molecule has 0 aliphatic carbocycles. The van der Waals surface area contributed by atoms with Crippen molar-refractivity contribution in [3.63, 3.8) is 0 Å². The van der Waals surface area contributed by atoms with E-state index in [1.54, 1.807) is 18.9 Å². The summed E-state index contributed by atoms with van der Waals surface area (Å²) in [5.41, 5.74) is 1.13. The fraction of sp³-hybridized carbons (Fsp3) is 0.533. The second kappa shape index (κ2) is 6.50. The van der Waals surface area contributed by atoms with Crippen LogP contribution < -0.4 is 4.74 Å². The van der Waals surface area contributed by atoms with Crippen LogP contribution in [0.5, 0.6) is 5.75 Å². The summed E-state index contributed by atoms with van der Waals surface area (Å²) in [5.74, 6) is 1.06. The van der Waals surface area contributed by atoms with Gasteiger partial charge in [0.1, 0.15) is 11.1 Å². The molecule has 2 atom stereocenters. The van der Waals surface area contributed by atoms with Crippen molar-refractivity contribution in [2.75, 3.05) is 34.3 Å². The third kappa shape index (κ3) is 3.27. The predicted molar refractivity (Wildman–Crippen MR) is 83.1 cm³/mol. The molecule has 2 rings (SSSR count). The molecule has 1 fully saturated rings. The fourth-order valence-electron chi connectivity index (χ4n) is 2.26. The van der Waals surface area contributed by atoms with E-state index in [9.17, 15) is 4.79 Å². The first-order chi connectivity index (χ1) is 9.52. The van der Waals surface area contributed by atoms with E-state index in [1.165, 1.54) is 0 Å². The van der Waals surface area contributed by atoms with Crippen LogP contribution in [0.3, 0.4) is 0 Å². The summed E-state index contributed by atoms with van der Waals surface area (Å²) in [4.78, 5) is 16.4. The third-order valence-electron chi connectivity index (χ3n) is 3.41. The van der Waals surface area contributed by atoms with Crippen molar-refractivity contribution in [3.05, 3.63) is 29.8 Å². The third-order valence-corrected chi connectivity index (χ3v) is 4.81. The average Bonchev–Trinajstić information content (AvgIpc) is 2.72. The van der Waals surface area contributed by atoms with E-state index >= 15 is 0 Å². The maximum Gasteiger partial charge on any atom is 0.236 e. The highest BCUT2D eigenvalue weighted by molar-refractivity contribution is 8.01. The van der Waals surface area contributed by atoms with E-state index in [1.807, 2.05) is 44.1 Å². The molecule has 0 saturated carbocycles. The van der Waals surface area contributed by atoms with Crippen LogP contribution in [0, 0.1) is 0 Å². The first kappa shape index (κ1) is 15.2. The highest BCUT2D eigenvalue weighted by Crippen LogP contribution is 2.43. The fourth-order valence-corrected chi connectivity index (χ4v) is 3.56. The zero-order valence-corrected chi connectivity index (χ0v) is 13.3. The van der Waals surface area contributed by atoms with E-state index in [2.05, 4.69) is 11.0 Å². The van der Waals surface area contributed by atoms with Crippen LogP contribution in [0.15, 0.2) is 24.3 Å². The molecular weight excluding hydrogens is 272 g/mol. The Morgan fingerprint density at radius 2 is 2.15 bits per heavy atom. The lowest BCUT2D eigenvalue weighted by molar-refractivity contribution is -0.129. The van der Waals surface area contributed by atoms with Crippen molar-refractivity contribution >= 4 is 17.7 Å². The lowest BCUT2D eigenvalue weighted by Gasteiger charge is -2.25. The van der Waals surface area contributed by atoms with Crippen LogP contribution in [0.4, 0.5) is 0 Å². The SMILES string of the molecule is COc1cccc([C@@H]2S[C@@H](C)C(=O)N2CCN(C)C)c1. The summed E-state index contributed by atoms with van der Waals surface area (Å²) in [6.45, 7) is 3.61. The number of nitrogens with zero attached hydrogens (tertiary/aromatic N) is 2. The Kier molecular flexibility index (Phi) is 4.94. The highest BCUT2D eigenvalue weighted by atomic mass is 32.2. The topological polar surface area (TPSA) is 32.8 Å². The normalized spacial score (nSPS) is 22.6. The summed E-state index contributed by atoms with van der Waals surface area (Å²) in [7, 11) is 5.72. The van der Waals surface area contributed by atoms with Gasteiger partial charge in [0.15, 0.2) is 0 Å². The van der Waals surface area contributed by atoms with Crippen molar-refractivity contribution in [2.24, 2.45) is 0 Å². The standard InChI is InChI=1S/C15H22N2O2S/c1-11-14(18)17(9-8-16(2)3)15(20-11)12-6-5-7-13(10-12)19-4/h5-7,10-11,15H,8-9H2,1-4H3/t11-,15-/m0/s1. The molecule has 20 heavy (non-hydrogen) atoms. The zero-order valence-electron chi connectivity index (χ0n) is 12.5. The molecule has 4 nitrogen and oxygen atoms in total. The lowest BCUT2D eigenvalue weighted by atomic mass is 10.2. The second-order valence-electron chi connectivity index (χ2n) is 5.24. The number of likely N-dealkylation sites (N-methyl/N-ethyl adjacent to an activating group) is 1. The number of carbonyl (C=O) groups excluding carboxylic acids is 1. The van der Waals surface area contributed by atoms with Gasteiger partial charge >= 0.3 is 0 Å². The van der Waals surface area contributed by atoms with Crippen LogP contribution in [0.25, 0.3) is 0 Å². The molecule has 1 aliphatic heterocycles. The van der Waals surface area contributed by atoms with Crippen molar-refractivity contribution in [3.8, 4) is 5.75 Å². The zero-order chi connectivity index (χ0) is 14.7. The van der Waals surface area contributed by atoms with Crippen LogP contribution in [0.2, 0.25) is 0 Å². The van der Waals surface area contributed by atoms with Gasteiger partial charge in [0.05, 0.1) is 12.4 Å². The Labute approximate surface area is 125 Å². The molecule has 0 radical (unpaired) electrons. The van der Waals surface area contributed by atoms with Gasteiger partial charge in [-0.3, -0.25) is 4.79 Å². The number of methoxy groups -OCH3 is 1. The summed E-state index contributed by atoms with van der Waals surface area (Å²) < 4.78 is 5.28. The minimum Gasteiger partial charge on any atom is -0.497 e. The molecule has 1 aromatic rings. The number of benzene rings is 1. The first-order valence-electron chi connectivity index (χ1n) is 6.77. The molecule has 110 valence electrons. The molecule has 1 aromatic carbocycles. The Hall–Kier alpha value is -1.20. The van der Waals surface area contributed by atoms with Gasteiger partial charge in [-0.25, -0.2) is 0 Å². The number of amides is 1. The van der Waals surface area contributed by atoms with E-state index in [0.29, 0.717) is 0 Å². The average molecular weight is 294 g/mol. The van der Waals surface area contributed by atoms with Gasteiger partial charge in [-0.2, -0.15) is 0 Å². The largest absolute Gasteiger partial charge is 0.497 e. The molecule has 0 N–H and O–H groups in total. The minimum atomic E-state index is 0.0216. The number of rotatable bonds is 5. The number of thioether (sulfide) groups is 1. The first-order valence-corrected chi connectivity index (χ1v) is 7.72. The molecule has 0 aromatic heterocycles. The van der Waals surface area contributed by atoms with E-state index < -0.39 is 0 Å². The summed E-state index contributed by atoms with van der Waals surface area (Å²) >= 11 is 1.71. The van der Waals surface area contributed by atoms with Crippen molar-refractivity contribution in [1.82, 2.24) is 9.80 Å². The van der Waals surface area contributed by atoms with E-state index in [-0.39, 0.29) is 16.5 Å². The molecule has 0 bridgehead atoms. The number of carbonyl (C=O) groups is 1. The molecule has 1 aliphatic rings. The summed E-state index contributed by atoms with van der Waals surface area (Å²) in [5, 5.41) is 0.112. The quantitative estimate of drug-likeness (QED) is 0.833. The summed E-state index contributed by atoms with van der Waals surface area (Å²) in [6, 6.07) is 7.99. The maximum atomic E-state index is 12.3. The van der Waals surface area contributed by atoms with Gasteiger partial charge in [0, 0.05) is 13.1 Å². The Morgan fingerprint density at radius 1 is 1.40 bits per heavy atom. The number of ether oxygens (including phenoxy) is 1. The minimum absolute atomic E-state index is 0.0216. The van der Waals surface area contributed by atoms with Gasteiger partial charge in [-0.15, -0.1) is 11.8 Å².